The maximum Gasteiger partial charge on any atom is 0.267 e. The number of halogens is 2. The van der Waals surface area contributed by atoms with Crippen LogP contribution in [0.5, 0.6) is 0 Å². The lowest BCUT2D eigenvalue weighted by molar-refractivity contribution is -0.126. The Bertz CT molecular complexity index is 158. The Hall–Kier alpha value is -0.670. The molecule has 10 heavy (non-hydrogen) atoms. The average molecular weight is 148 g/mol. The summed E-state index contributed by atoms with van der Waals surface area (Å²) in [6.45, 7) is 2.71. The Morgan fingerprint density at radius 1 is 1.60 bits per heavy atom. The van der Waals surface area contributed by atoms with Crippen molar-refractivity contribution >= 4 is 5.91 Å². The normalized spacial score (nSPS) is 23.3. The second kappa shape index (κ2) is 2.18. The topological polar surface area (TPSA) is 20.3 Å². The van der Waals surface area contributed by atoms with Gasteiger partial charge < -0.3 is 4.90 Å². The summed E-state index contributed by atoms with van der Waals surface area (Å²) in [4.78, 5) is 11.5. The van der Waals surface area contributed by atoms with E-state index in [9.17, 15) is 13.6 Å². The van der Waals surface area contributed by atoms with E-state index in [1.807, 2.05) is 0 Å². The number of carbonyl (C=O) groups is 1. The molecule has 0 spiro atoms. The van der Waals surface area contributed by atoms with Gasteiger partial charge in [0.25, 0.3) is 5.92 Å². The van der Waals surface area contributed by atoms with Crippen molar-refractivity contribution in [3.05, 3.63) is 6.92 Å². The summed E-state index contributed by atoms with van der Waals surface area (Å²) in [6, 6.07) is 0. The van der Waals surface area contributed by atoms with Crippen molar-refractivity contribution in [2.45, 2.75) is 12.3 Å². The highest BCUT2D eigenvalue weighted by Gasteiger charge is 2.39. The lowest BCUT2D eigenvalue weighted by Gasteiger charge is -2.12. The van der Waals surface area contributed by atoms with E-state index in [0.717, 1.165) is 4.90 Å². The molecule has 1 aliphatic rings. The van der Waals surface area contributed by atoms with Gasteiger partial charge in [-0.1, -0.05) is 0 Å². The zero-order valence-electron chi connectivity index (χ0n) is 5.44. The molecule has 0 N–H and O–H groups in total. The maximum absolute atomic E-state index is 12.3. The number of nitrogens with zero attached hydrogens (tertiary/aromatic N) is 1. The zero-order valence-corrected chi connectivity index (χ0v) is 5.44. The van der Waals surface area contributed by atoms with E-state index in [-0.39, 0.29) is 13.0 Å². The van der Waals surface area contributed by atoms with Crippen LogP contribution in [-0.2, 0) is 4.79 Å². The number of hydrogen-bond donors (Lipinski definition) is 0. The van der Waals surface area contributed by atoms with Crippen molar-refractivity contribution in [2.75, 3.05) is 13.1 Å². The number of carbonyl (C=O) groups excluding carboxylic acids is 1. The van der Waals surface area contributed by atoms with Crippen molar-refractivity contribution in [3.63, 3.8) is 0 Å². The van der Waals surface area contributed by atoms with Crippen LogP contribution in [0.4, 0.5) is 8.78 Å². The van der Waals surface area contributed by atoms with Gasteiger partial charge in [0.2, 0.25) is 5.91 Å². The number of amides is 1. The van der Waals surface area contributed by atoms with Crippen LogP contribution < -0.4 is 0 Å². The van der Waals surface area contributed by atoms with Gasteiger partial charge in [0, 0.05) is 19.9 Å². The molecule has 0 aromatic carbocycles. The van der Waals surface area contributed by atoms with Gasteiger partial charge in [-0.05, 0) is 0 Å². The number of rotatable bonds is 0. The summed E-state index contributed by atoms with van der Waals surface area (Å²) in [5.74, 6) is -3.20. The van der Waals surface area contributed by atoms with Crippen LogP contribution in [0.1, 0.15) is 6.42 Å². The average Bonchev–Trinajstić information content (AvgIpc) is 2.10. The highest BCUT2D eigenvalue weighted by atomic mass is 19.3. The van der Waals surface area contributed by atoms with Gasteiger partial charge >= 0.3 is 0 Å². The third-order valence-electron chi connectivity index (χ3n) is 1.52. The van der Waals surface area contributed by atoms with E-state index in [1.54, 1.807) is 0 Å². The number of hydrogen-bond acceptors (Lipinski definition) is 1. The van der Waals surface area contributed by atoms with Gasteiger partial charge in [-0.2, -0.15) is 0 Å². The van der Waals surface area contributed by atoms with Crippen molar-refractivity contribution in [2.24, 2.45) is 0 Å². The van der Waals surface area contributed by atoms with Crippen LogP contribution >= 0.6 is 0 Å². The lowest BCUT2D eigenvalue weighted by atomic mass is 10.3. The molecule has 1 aliphatic heterocycles. The maximum atomic E-state index is 12.3. The Balaban J connectivity index is 2.51. The van der Waals surface area contributed by atoms with E-state index < -0.39 is 18.4 Å². The first-order valence-electron chi connectivity index (χ1n) is 3.00. The van der Waals surface area contributed by atoms with E-state index >= 15 is 0 Å². The fourth-order valence-corrected chi connectivity index (χ4v) is 0.949. The van der Waals surface area contributed by atoms with E-state index in [0.29, 0.717) is 0 Å². The molecule has 1 rings (SSSR count). The Morgan fingerprint density at radius 2 is 2.20 bits per heavy atom. The third-order valence-corrected chi connectivity index (χ3v) is 1.52. The summed E-state index contributed by atoms with van der Waals surface area (Å²) in [5.41, 5.74) is 0. The highest BCUT2D eigenvalue weighted by Crippen LogP contribution is 2.26. The van der Waals surface area contributed by atoms with Crippen molar-refractivity contribution in [1.82, 2.24) is 4.90 Å². The van der Waals surface area contributed by atoms with E-state index in [1.165, 1.54) is 0 Å². The van der Waals surface area contributed by atoms with E-state index in [4.69, 9.17) is 0 Å². The fraction of sp³-hybridized carbons (Fsp3) is 0.667. The summed E-state index contributed by atoms with van der Waals surface area (Å²) in [6.07, 6.45) is -0.228. The molecule has 1 heterocycles. The summed E-state index contributed by atoms with van der Waals surface area (Å²) >= 11 is 0. The zero-order chi connectivity index (χ0) is 7.78. The van der Waals surface area contributed by atoms with E-state index in [2.05, 4.69) is 6.92 Å². The van der Waals surface area contributed by atoms with Crippen molar-refractivity contribution in [3.8, 4) is 0 Å². The fourth-order valence-electron chi connectivity index (χ4n) is 0.949. The minimum atomic E-state index is -2.69. The molecule has 1 amide bonds. The molecular weight excluding hydrogens is 140 g/mol. The quantitative estimate of drug-likeness (QED) is 0.495. The first-order valence-corrected chi connectivity index (χ1v) is 3.00. The predicted octanol–water partition coefficient (Wildman–Crippen LogP) is 0.688. The van der Waals surface area contributed by atoms with Crippen LogP contribution in [-0.4, -0.2) is 29.8 Å². The van der Waals surface area contributed by atoms with Gasteiger partial charge in [0.05, 0.1) is 6.54 Å². The minimum absolute atomic E-state index is 0.134. The predicted molar refractivity (Wildman–Crippen MR) is 31.5 cm³/mol. The second-order valence-electron chi connectivity index (χ2n) is 2.42. The van der Waals surface area contributed by atoms with Gasteiger partial charge in [-0.15, -0.1) is 0 Å². The van der Waals surface area contributed by atoms with Crippen LogP contribution in [0.2, 0.25) is 0 Å². The van der Waals surface area contributed by atoms with Gasteiger partial charge in [0.1, 0.15) is 0 Å². The molecule has 0 aromatic rings. The molecule has 57 valence electrons. The first kappa shape index (κ1) is 7.44. The molecule has 4 heteroatoms. The van der Waals surface area contributed by atoms with Crippen molar-refractivity contribution < 1.29 is 13.6 Å². The van der Waals surface area contributed by atoms with Crippen LogP contribution in [0.15, 0.2) is 0 Å². The standard InChI is InChI=1S/C6H8F2NO/c1-5(10)9-3-2-6(7,8)4-9/h1-4H2. The Morgan fingerprint density at radius 3 is 2.40 bits per heavy atom. The monoisotopic (exact) mass is 148 g/mol. The summed E-state index contributed by atoms with van der Waals surface area (Å²) < 4.78 is 24.7. The Labute approximate surface area is 57.8 Å². The van der Waals surface area contributed by atoms with Crippen LogP contribution in [0, 0.1) is 6.92 Å². The second-order valence-corrected chi connectivity index (χ2v) is 2.42. The van der Waals surface area contributed by atoms with Gasteiger partial charge in [-0.3, -0.25) is 4.79 Å². The number of likely N-dealkylation sites (tertiary alicyclic amines) is 1. The molecule has 0 saturated carbocycles. The van der Waals surface area contributed by atoms with Gasteiger partial charge in [-0.25, -0.2) is 8.78 Å². The Kier molecular flexibility index (Phi) is 1.62. The number of alkyl halides is 2. The smallest absolute Gasteiger partial charge is 0.267 e. The largest absolute Gasteiger partial charge is 0.336 e. The van der Waals surface area contributed by atoms with Gasteiger partial charge in [0.15, 0.2) is 0 Å². The SMILES string of the molecule is [CH2]C(=O)N1CCC(F)(F)C1. The lowest BCUT2D eigenvalue weighted by Crippen LogP contribution is -2.29. The first-order chi connectivity index (χ1) is 4.51. The minimum Gasteiger partial charge on any atom is -0.336 e. The molecule has 1 fully saturated rings. The summed E-state index contributed by atoms with van der Waals surface area (Å²) in [7, 11) is 0. The van der Waals surface area contributed by atoms with Crippen LogP contribution in [0.3, 0.4) is 0 Å². The molecule has 0 unspecified atom stereocenters. The molecule has 0 atom stereocenters. The third kappa shape index (κ3) is 1.43. The molecule has 1 saturated heterocycles. The molecule has 0 aliphatic carbocycles. The molecule has 0 bridgehead atoms. The molecular formula is C6H8F2NO. The molecule has 2 nitrogen and oxygen atoms in total. The highest BCUT2D eigenvalue weighted by molar-refractivity contribution is 5.80. The van der Waals surface area contributed by atoms with Crippen LogP contribution in [0.25, 0.3) is 0 Å². The summed E-state index contributed by atoms with van der Waals surface area (Å²) in [5, 5.41) is 0. The van der Waals surface area contributed by atoms with Crippen molar-refractivity contribution in [1.29, 1.82) is 0 Å². The molecule has 1 radical (unpaired) electrons. The molecule has 0 aromatic heterocycles.